The van der Waals surface area contributed by atoms with Crippen LogP contribution in [0.5, 0.6) is 12.0 Å². The van der Waals surface area contributed by atoms with Gasteiger partial charge in [0.15, 0.2) is 0 Å². The smallest absolute Gasteiger partial charge is 0.324 e. The monoisotopic (exact) mass is 289 g/mol. The molecule has 1 aromatic heterocycles. The summed E-state index contributed by atoms with van der Waals surface area (Å²) in [5.74, 6) is 0.480. The number of aromatic nitrogens is 3. The molecule has 0 aliphatic heterocycles. The molecule has 0 aliphatic carbocycles. The lowest BCUT2D eigenvalue weighted by molar-refractivity contribution is 0.339. The van der Waals surface area contributed by atoms with Crippen molar-refractivity contribution in [3.63, 3.8) is 0 Å². The lowest BCUT2D eigenvalue weighted by atomic mass is 10.2. The SMILES string of the molecule is COc1nc(OC)nc(N(CCN)Cc2ccccc2)n1. The van der Waals surface area contributed by atoms with Crippen LogP contribution in [0.4, 0.5) is 5.95 Å². The van der Waals surface area contributed by atoms with Gasteiger partial charge in [-0.15, -0.1) is 4.98 Å². The quantitative estimate of drug-likeness (QED) is 0.808. The standard InChI is InChI=1S/C14H19N5O2/c1-20-13-16-12(17-14(18-13)21-2)19(9-8-15)10-11-6-4-3-5-7-11/h3-7H,8-10,15H2,1-2H3. The van der Waals surface area contributed by atoms with E-state index in [-0.39, 0.29) is 12.0 Å². The highest BCUT2D eigenvalue weighted by Crippen LogP contribution is 2.17. The number of benzene rings is 1. The number of methoxy groups -OCH3 is 2. The molecule has 0 saturated heterocycles. The third-order valence-corrected chi connectivity index (χ3v) is 2.85. The minimum atomic E-state index is 0.215. The molecule has 0 bridgehead atoms. The van der Waals surface area contributed by atoms with Crippen LogP contribution in [0.2, 0.25) is 0 Å². The normalized spacial score (nSPS) is 10.2. The summed E-state index contributed by atoms with van der Waals surface area (Å²) in [7, 11) is 3.01. The number of anilines is 1. The van der Waals surface area contributed by atoms with E-state index in [1.807, 2.05) is 35.2 Å². The first-order valence-electron chi connectivity index (χ1n) is 6.59. The van der Waals surface area contributed by atoms with Crippen LogP contribution >= 0.6 is 0 Å². The summed E-state index contributed by atoms with van der Waals surface area (Å²) in [6.07, 6.45) is 0. The third-order valence-electron chi connectivity index (χ3n) is 2.85. The minimum absolute atomic E-state index is 0.215. The van der Waals surface area contributed by atoms with Gasteiger partial charge in [0.2, 0.25) is 5.95 Å². The van der Waals surface area contributed by atoms with E-state index in [9.17, 15) is 0 Å². The lowest BCUT2D eigenvalue weighted by Crippen LogP contribution is -2.30. The fraction of sp³-hybridized carbons (Fsp3) is 0.357. The number of hydrogen-bond donors (Lipinski definition) is 1. The number of hydrogen-bond acceptors (Lipinski definition) is 7. The van der Waals surface area contributed by atoms with Crippen LogP contribution in [0.3, 0.4) is 0 Å². The van der Waals surface area contributed by atoms with Crippen LogP contribution in [0.25, 0.3) is 0 Å². The summed E-state index contributed by atoms with van der Waals surface area (Å²) < 4.78 is 10.2. The Morgan fingerprint density at radius 2 is 1.62 bits per heavy atom. The number of nitrogens with zero attached hydrogens (tertiary/aromatic N) is 4. The highest BCUT2D eigenvalue weighted by Gasteiger charge is 2.14. The van der Waals surface area contributed by atoms with Gasteiger partial charge in [-0.2, -0.15) is 9.97 Å². The summed E-state index contributed by atoms with van der Waals surface area (Å²) in [6, 6.07) is 10.5. The van der Waals surface area contributed by atoms with Crippen LogP contribution < -0.4 is 20.1 Å². The summed E-state index contributed by atoms with van der Waals surface area (Å²) in [5, 5.41) is 0. The highest BCUT2D eigenvalue weighted by molar-refractivity contribution is 5.34. The summed E-state index contributed by atoms with van der Waals surface area (Å²) in [5.41, 5.74) is 6.83. The zero-order valence-corrected chi connectivity index (χ0v) is 12.2. The second-order valence-corrected chi connectivity index (χ2v) is 4.30. The van der Waals surface area contributed by atoms with Crippen molar-refractivity contribution >= 4 is 5.95 Å². The first-order valence-corrected chi connectivity index (χ1v) is 6.59. The van der Waals surface area contributed by atoms with E-state index in [1.165, 1.54) is 14.2 Å². The Morgan fingerprint density at radius 1 is 1.00 bits per heavy atom. The zero-order chi connectivity index (χ0) is 15.1. The first-order chi connectivity index (χ1) is 10.3. The molecule has 0 amide bonds. The van der Waals surface area contributed by atoms with Crippen LogP contribution in [-0.2, 0) is 6.54 Å². The Kier molecular flexibility index (Phi) is 5.28. The molecule has 2 aromatic rings. The van der Waals surface area contributed by atoms with E-state index in [0.717, 1.165) is 5.56 Å². The zero-order valence-electron chi connectivity index (χ0n) is 12.2. The molecule has 0 spiro atoms. The summed E-state index contributed by atoms with van der Waals surface area (Å²) in [4.78, 5) is 14.5. The van der Waals surface area contributed by atoms with Gasteiger partial charge in [-0.25, -0.2) is 0 Å². The van der Waals surface area contributed by atoms with Gasteiger partial charge in [0, 0.05) is 19.6 Å². The maximum Gasteiger partial charge on any atom is 0.324 e. The van der Waals surface area contributed by atoms with Crippen molar-refractivity contribution in [3.8, 4) is 12.0 Å². The Hall–Kier alpha value is -2.41. The molecule has 7 heteroatoms. The Balaban J connectivity index is 2.28. The Morgan fingerprint density at radius 3 is 2.14 bits per heavy atom. The fourth-order valence-corrected chi connectivity index (χ4v) is 1.86. The van der Waals surface area contributed by atoms with Crippen molar-refractivity contribution in [1.82, 2.24) is 15.0 Å². The van der Waals surface area contributed by atoms with E-state index in [0.29, 0.717) is 25.6 Å². The second kappa shape index (κ2) is 7.39. The van der Waals surface area contributed by atoms with Gasteiger partial charge in [-0.1, -0.05) is 30.3 Å². The number of nitrogens with two attached hydrogens (primary N) is 1. The van der Waals surface area contributed by atoms with E-state index in [2.05, 4.69) is 15.0 Å². The predicted octanol–water partition coefficient (Wildman–Crippen LogP) is 0.854. The molecule has 7 nitrogen and oxygen atoms in total. The molecule has 0 aliphatic rings. The third kappa shape index (κ3) is 4.03. The van der Waals surface area contributed by atoms with Crippen LogP contribution in [0.15, 0.2) is 30.3 Å². The highest BCUT2D eigenvalue weighted by atomic mass is 16.5. The van der Waals surface area contributed by atoms with E-state index in [1.54, 1.807) is 0 Å². The van der Waals surface area contributed by atoms with Gasteiger partial charge in [-0.05, 0) is 5.56 Å². The van der Waals surface area contributed by atoms with Gasteiger partial charge >= 0.3 is 12.0 Å². The lowest BCUT2D eigenvalue weighted by Gasteiger charge is -2.22. The van der Waals surface area contributed by atoms with Crippen LogP contribution in [0.1, 0.15) is 5.56 Å². The van der Waals surface area contributed by atoms with E-state index in [4.69, 9.17) is 15.2 Å². The topological polar surface area (TPSA) is 86.4 Å². The molecule has 0 fully saturated rings. The van der Waals surface area contributed by atoms with Crippen molar-refractivity contribution in [2.75, 3.05) is 32.2 Å². The van der Waals surface area contributed by atoms with E-state index < -0.39 is 0 Å². The van der Waals surface area contributed by atoms with Gasteiger partial charge in [-0.3, -0.25) is 0 Å². The Bertz CT molecular complexity index is 542. The molecule has 21 heavy (non-hydrogen) atoms. The largest absolute Gasteiger partial charge is 0.467 e. The van der Waals surface area contributed by atoms with Crippen molar-refractivity contribution in [1.29, 1.82) is 0 Å². The molecule has 1 heterocycles. The average Bonchev–Trinajstić information content (AvgIpc) is 2.55. The average molecular weight is 289 g/mol. The molecular formula is C14H19N5O2. The fourth-order valence-electron chi connectivity index (χ4n) is 1.86. The molecule has 112 valence electrons. The van der Waals surface area contributed by atoms with Crippen LogP contribution in [-0.4, -0.2) is 42.3 Å². The second-order valence-electron chi connectivity index (χ2n) is 4.30. The molecule has 2 rings (SSSR count). The van der Waals surface area contributed by atoms with Crippen molar-refractivity contribution in [2.45, 2.75) is 6.54 Å². The molecule has 0 atom stereocenters. The summed E-state index contributed by atoms with van der Waals surface area (Å²) in [6.45, 7) is 1.75. The van der Waals surface area contributed by atoms with Crippen molar-refractivity contribution < 1.29 is 9.47 Å². The van der Waals surface area contributed by atoms with Crippen LogP contribution in [0, 0.1) is 0 Å². The van der Waals surface area contributed by atoms with Gasteiger partial charge in [0.05, 0.1) is 14.2 Å². The van der Waals surface area contributed by atoms with Gasteiger partial charge in [0.1, 0.15) is 0 Å². The number of rotatable bonds is 7. The van der Waals surface area contributed by atoms with Gasteiger partial charge in [0.25, 0.3) is 0 Å². The van der Waals surface area contributed by atoms with Gasteiger partial charge < -0.3 is 20.1 Å². The van der Waals surface area contributed by atoms with Crippen molar-refractivity contribution in [2.24, 2.45) is 5.73 Å². The molecule has 2 N–H and O–H groups in total. The molecule has 0 saturated carbocycles. The number of ether oxygens (including phenoxy) is 2. The first kappa shape index (κ1) is 15.0. The molecule has 0 radical (unpaired) electrons. The maximum absolute atomic E-state index is 5.69. The maximum atomic E-state index is 5.69. The molecule has 0 unspecified atom stereocenters. The predicted molar refractivity (Wildman–Crippen MR) is 79.5 cm³/mol. The Labute approximate surface area is 123 Å². The summed E-state index contributed by atoms with van der Waals surface area (Å²) >= 11 is 0. The minimum Gasteiger partial charge on any atom is -0.467 e. The molecule has 1 aromatic carbocycles. The van der Waals surface area contributed by atoms with Crippen molar-refractivity contribution in [3.05, 3.63) is 35.9 Å². The molecular weight excluding hydrogens is 270 g/mol. The van der Waals surface area contributed by atoms with E-state index >= 15 is 0 Å².